The molecule has 1 aliphatic rings. The monoisotopic (exact) mass is 416 g/mol. The molecule has 0 atom stereocenters. The molecular formula is C25H20O6. The Morgan fingerprint density at radius 3 is 2.52 bits per heavy atom. The van der Waals surface area contributed by atoms with Crippen molar-refractivity contribution in [3.63, 3.8) is 0 Å². The number of hydrogen-bond donors (Lipinski definition) is 0. The summed E-state index contributed by atoms with van der Waals surface area (Å²) in [6.07, 6.45) is 1.75. The van der Waals surface area contributed by atoms with Crippen LogP contribution in [0.3, 0.4) is 0 Å². The van der Waals surface area contributed by atoms with Crippen molar-refractivity contribution in [3.05, 3.63) is 89.2 Å². The summed E-state index contributed by atoms with van der Waals surface area (Å²) in [5, 5.41) is 0. The van der Waals surface area contributed by atoms with E-state index >= 15 is 0 Å². The Bertz CT molecular complexity index is 1160. The number of allylic oxidation sites excluding steroid dienone is 1. The Labute approximate surface area is 179 Å². The molecule has 3 aromatic rings. The molecule has 0 fully saturated rings. The number of rotatable bonds is 6. The minimum Gasteiger partial charge on any atom is -0.493 e. The zero-order valence-corrected chi connectivity index (χ0v) is 17.1. The van der Waals surface area contributed by atoms with Crippen molar-refractivity contribution in [2.45, 2.75) is 6.42 Å². The van der Waals surface area contributed by atoms with Gasteiger partial charge in [0.05, 0.1) is 26.2 Å². The van der Waals surface area contributed by atoms with Crippen LogP contribution in [-0.4, -0.2) is 26.0 Å². The lowest BCUT2D eigenvalue weighted by molar-refractivity contribution is -0.133. The van der Waals surface area contributed by atoms with E-state index in [2.05, 4.69) is 0 Å². The van der Waals surface area contributed by atoms with Crippen LogP contribution >= 0.6 is 0 Å². The number of ketones is 1. The van der Waals surface area contributed by atoms with Crippen LogP contribution < -0.4 is 18.9 Å². The fourth-order valence-electron chi connectivity index (χ4n) is 3.33. The Morgan fingerprint density at radius 1 is 0.968 bits per heavy atom. The zero-order chi connectivity index (χ0) is 21.8. The topological polar surface area (TPSA) is 71.1 Å². The summed E-state index contributed by atoms with van der Waals surface area (Å²) in [6, 6.07) is 19.4. The number of ether oxygens (including phenoxy) is 4. The molecule has 0 N–H and O–H groups in total. The Morgan fingerprint density at radius 2 is 1.77 bits per heavy atom. The Balaban J connectivity index is 1.53. The molecule has 4 rings (SSSR count). The molecule has 0 spiro atoms. The molecule has 0 saturated heterocycles. The lowest BCUT2D eigenvalue weighted by atomic mass is 10.1. The van der Waals surface area contributed by atoms with Crippen molar-refractivity contribution in [1.29, 1.82) is 0 Å². The fourth-order valence-corrected chi connectivity index (χ4v) is 3.33. The summed E-state index contributed by atoms with van der Waals surface area (Å²) in [7, 11) is 3.07. The van der Waals surface area contributed by atoms with Gasteiger partial charge in [0.25, 0.3) is 0 Å². The maximum absolute atomic E-state index is 12.8. The van der Waals surface area contributed by atoms with Crippen molar-refractivity contribution >= 4 is 17.8 Å². The fraction of sp³-hybridized carbons (Fsp3) is 0.120. The summed E-state index contributed by atoms with van der Waals surface area (Å²) in [6.45, 7) is 0. The molecule has 156 valence electrons. The van der Waals surface area contributed by atoms with E-state index in [-0.39, 0.29) is 18.0 Å². The number of para-hydroxylation sites is 1. The van der Waals surface area contributed by atoms with Gasteiger partial charge in [0.15, 0.2) is 17.3 Å². The largest absolute Gasteiger partial charge is 0.493 e. The number of carbonyl (C=O) groups is 2. The van der Waals surface area contributed by atoms with Gasteiger partial charge >= 0.3 is 5.97 Å². The number of esters is 1. The molecule has 0 bridgehead atoms. The number of carbonyl (C=O) groups excluding carboxylic acids is 2. The summed E-state index contributed by atoms with van der Waals surface area (Å²) in [5.74, 6) is 1.19. The molecule has 0 unspecified atom stereocenters. The molecule has 0 amide bonds. The molecule has 0 saturated carbocycles. The maximum atomic E-state index is 12.8. The molecule has 6 nitrogen and oxygen atoms in total. The molecule has 6 heteroatoms. The summed E-state index contributed by atoms with van der Waals surface area (Å²) in [5.41, 5.74) is 1.90. The number of benzene rings is 3. The van der Waals surface area contributed by atoms with Crippen molar-refractivity contribution in [1.82, 2.24) is 0 Å². The average molecular weight is 416 g/mol. The lowest BCUT2D eigenvalue weighted by Crippen LogP contribution is -2.11. The number of fused-ring (bicyclic) bond motifs is 1. The van der Waals surface area contributed by atoms with Crippen LogP contribution in [0.5, 0.6) is 23.0 Å². The number of methoxy groups -OCH3 is 2. The SMILES string of the molecule is COc1cccc(/C=C2\Oc3cc(OC(=O)Cc4ccccc4)ccc3C2=O)c1OC. The normalized spacial score (nSPS) is 13.5. The van der Waals surface area contributed by atoms with E-state index in [0.717, 1.165) is 5.56 Å². The standard InChI is InChI=1S/C25H20O6/c1-28-20-10-6-9-17(25(20)29-2)14-22-24(27)19-12-11-18(15-21(19)31-22)30-23(26)13-16-7-4-3-5-8-16/h3-12,14-15H,13H2,1-2H3/b22-14-. The van der Waals surface area contributed by atoms with Crippen LogP contribution in [0.2, 0.25) is 0 Å². The molecule has 0 radical (unpaired) electrons. The van der Waals surface area contributed by atoms with Crippen LogP contribution in [-0.2, 0) is 11.2 Å². The zero-order valence-electron chi connectivity index (χ0n) is 17.1. The molecule has 0 aromatic heterocycles. The quantitative estimate of drug-likeness (QED) is 0.336. The van der Waals surface area contributed by atoms with Gasteiger partial charge in [-0.15, -0.1) is 0 Å². The van der Waals surface area contributed by atoms with E-state index < -0.39 is 5.97 Å². The van der Waals surface area contributed by atoms with Crippen LogP contribution in [0.4, 0.5) is 0 Å². The third-order valence-corrected chi connectivity index (χ3v) is 4.78. The number of Topliss-reactive ketones (excluding diaryl/α,β-unsaturated/α-hetero) is 1. The molecular weight excluding hydrogens is 396 g/mol. The molecule has 31 heavy (non-hydrogen) atoms. The van der Waals surface area contributed by atoms with Gasteiger partial charge in [-0.05, 0) is 29.8 Å². The highest BCUT2D eigenvalue weighted by Crippen LogP contribution is 2.37. The van der Waals surface area contributed by atoms with Crippen LogP contribution in [0.25, 0.3) is 6.08 Å². The summed E-state index contributed by atoms with van der Waals surface area (Å²) >= 11 is 0. The van der Waals surface area contributed by atoms with Gasteiger partial charge in [-0.2, -0.15) is 0 Å². The van der Waals surface area contributed by atoms with Gasteiger partial charge in [0, 0.05) is 11.6 Å². The minimum atomic E-state index is -0.396. The minimum absolute atomic E-state index is 0.148. The van der Waals surface area contributed by atoms with Gasteiger partial charge in [0.2, 0.25) is 5.78 Å². The molecule has 3 aromatic carbocycles. The molecule has 1 heterocycles. The predicted octanol–water partition coefficient (Wildman–Crippen LogP) is 4.47. The predicted molar refractivity (Wildman–Crippen MR) is 115 cm³/mol. The maximum Gasteiger partial charge on any atom is 0.315 e. The lowest BCUT2D eigenvalue weighted by Gasteiger charge is -2.10. The highest BCUT2D eigenvalue weighted by molar-refractivity contribution is 6.14. The Kier molecular flexibility index (Phi) is 5.71. The highest BCUT2D eigenvalue weighted by atomic mass is 16.5. The third kappa shape index (κ3) is 4.28. The highest BCUT2D eigenvalue weighted by Gasteiger charge is 2.28. The smallest absolute Gasteiger partial charge is 0.315 e. The second-order valence-electron chi connectivity index (χ2n) is 6.82. The van der Waals surface area contributed by atoms with E-state index in [1.54, 1.807) is 49.6 Å². The van der Waals surface area contributed by atoms with Gasteiger partial charge in [0.1, 0.15) is 11.5 Å². The van der Waals surface area contributed by atoms with Crippen LogP contribution in [0, 0.1) is 0 Å². The van der Waals surface area contributed by atoms with Crippen molar-refractivity contribution in [2.75, 3.05) is 14.2 Å². The van der Waals surface area contributed by atoms with Crippen LogP contribution in [0.1, 0.15) is 21.5 Å². The van der Waals surface area contributed by atoms with Crippen molar-refractivity contribution in [3.8, 4) is 23.0 Å². The second-order valence-corrected chi connectivity index (χ2v) is 6.82. The Hall–Kier alpha value is -4.06. The van der Waals surface area contributed by atoms with E-state index in [1.165, 1.54) is 7.11 Å². The first-order valence-electron chi connectivity index (χ1n) is 9.63. The average Bonchev–Trinajstić information content (AvgIpc) is 3.08. The summed E-state index contributed by atoms with van der Waals surface area (Å²) in [4.78, 5) is 25.0. The first kappa shape index (κ1) is 20.2. The first-order chi connectivity index (χ1) is 15.1. The number of hydrogen-bond acceptors (Lipinski definition) is 6. The first-order valence-corrected chi connectivity index (χ1v) is 9.63. The van der Waals surface area contributed by atoms with Crippen molar-refractivity contribution in [2.24, 2.45) is 0 Å². The van der Waals surface area contributed by atoms with Crippen molar-refractivity contribution < 1.29 is 28.5 Å². The van der Waals surface area contributed by atoms with Gasteiger partial charge in [-0.3, -0.25) is 9.59 Å². The van der Waals surface area contributed by atoms with Crippen LogP contribution in [0.15, 0.2) is 72.5 Å². The van der Waals surface area contributed by atoms with Gasteiger partial charge in [-0.1, -0.05) is 42.5 Å². The second kappa shape index (κ2) is 8.75. The summed E-state index contributed by atoms with van der Waals surface area (Å²) < 4.78 is 21.9. The molecule has 1 aliphatic heterocycles. The van der Waals surface area contributed by atoms with E-state index in [0.29, 0.717) is 34.1 Å². The third-order valence-electron chi connectivity index (χ3n) is 4.78. The van der Waals surface area contributed by atoms with E-state index in [4.69, 9.17) is 18.9 Å². The van der Waals surface area contributed by atoms with Gasteiger partial charge in [-0.25, -0.2) is 0 Å². The van der Waals surface area contributed by atoms with E-state index in [1.807, 2.05) is 30.3 Å². The van der Waals surface area contributed by atoms with Gasteiger partial charge < -0.3 is 18.9 Å². The molecule has 0 aliphatic carbocycles. The van der Waals surface area contributed by atoms with E-state index in [9.17, 15) is 9.59 Å².